The van der Waals surface area contributed by atoms with E-state index < -0.39 is 16.9 Å². The van der Waals surface area contributed by atoms with Crippen molar-refractivity contribution >= 4 is 23.2 Å². The van der Waals surface area contributed by atoms with Crippen molar-refractivity contribution < 1.29 is 22.0 Å². The van der Waals surface area contributed by atoms with Crippen molar-refractivity contribution in [1.82, 2.24) is 0 Å². The summed E-state index contributed by atoms with van der Waals surface area (Å²) in [5, 5.41) is -4.49. The Morgan fingerprint density at radius 3 is 1.40 bits per heavy atom. The van der Waals surface area contributed by atoms with Gasteiger partial charge in [0.25, 0.3) is 0 Å². The molecule has 0 saturated carbocycles. The highest BCUT2D eigenvalue weighted by Gasteiger charge is 2.60. The van der Waals surface area contributed by atoms with Crippen molar-refractivity contribution in [3.63, 3.8) is 0 Å². The maximum absolute atomic E-state index is 11.9. The Morgan fingerprint density at radius 1 is 1.10 bits per heavy atom. The van der Waals surface area contributed by atoms with Gasteiger partial charge in [0, 0.05) is 0 Å². The molecule has 0 aliphatic heterocycles. The molecule has 0 radical (unpaired) electrons. The summed E-state index contributed by atoms with van der Waals surface area (Å²) in [6.07, 6.45) is -5.49. The lowest BCUT2D eigenvalue weighted by Crippen LogP contribution is -2.41. The maximum Gasteiger partial charge on any atom is 0.441 e. The molecule has 0 aliphatic rings. The zero-order chi connectivity index (χ0) is 8.58. The van der Waals surface area contributed by atoms with Crippen molar-refractivity contribution in [1.29, 1.82) is 0 Å². The molecular weight excluding hydrogens is 202 g/mol. The lowest BCUT2D eigenvalue weighted by Gasteiger charge is -2.20. The minimum Gasteiger partial charge on any atom is -0.225 e. The molecule has 0 aromatic rings. The molecule has 0 aromatic carbocycles. The maximum atomic E-state index is 11.9. The Kier molecular flexibility index (Phi) is 2.76. The monoisotopic (exact) mass is 202 g/mol. The van der Waals surface area contributed by atoms with E-state index in [4.69, 9.17) is 0 Å². The van der Waals surface area contributed by atoms with E-state index in [0.717, 1.165) is 0 Å². The first-order valence-electron chi connectivity index (χ1n) is 1.92. The summed E-state index contributed by atoms with van der Waals surface area (Å²) in [6.45, 7) is 0. The highest BCUT2D eigenvalue weighted by Crippen LogP contribution is 2.42. The SMILES string of the molecule is F[C@H](Cl)[C@](F)(Cl)C(F)(F)F. The lowest BCUT2D eigenvalue weighted by molar-refractivity contribution is -0.206. The van der Waals surface area contributed by atoms with Gasteiger partial charge < -0.3 is 0 Å². The zero-order valence-electron chi connectivity index (χ0n) is 4.22. The molecule has 2 atom stereocenters. The summed E-state index contributed by atoms with van der Waals surface area (Å²) < 4.78 is 57.1. The fourth-order valence-electron chi connectivity index (χ4n) is 0.124. The van der Waals surface area contributed by atoms with Gasteiger partial charge in [-0.05, 0) is 0 Å². The fourth-order valence-corrected chi connectivity index (χ4v) is 0.247. The largest absolute Gasteiger partial charge is 0.441 e. The summed E-state index contributed by atoms with van der Waals surface area (Å²) >= 11 is 8.21. The average Bonchev–Trinajstić information content (AvgIpc) is 1.62. The molecule has 0 bridgehead atoms. The van der Waals surface area contributed by atoms with Crippen LogP contribution >= 0.6 is 23.2 Å². The molecule has 0 unspecified atom stereocenters. The van der Waals surface area contributed by atoms with Gasteiger partial charge >= 0.3 is 11.3 Å². The van der Waals surface area contributed by atoms with Crippen molar-refractivity contribution in [3.8, 4) is 0 Å². The van der Waals surface area contributed by atoms with Crippen LogP contribution in [0, 0.1) is 0 Å². The Balaban J connectivity index is 4.40. The molecule has 0 nitrogen and oxygen atoms in total. The van der Waals surface area contributed by atoms with Gasteiger partial charge in [0.2, 0.25) is 5.63 Å². The number of alkyl halides is 7. The molecule has 7 heteroatoms. The van der Waals surface area contributed by atoms with Crippen LogP contribution in [-0.2, 0) is 0 Å². The number of hydrogen-bond acceptors (Lipinski definition) is 0. The third kappa shape index (κ3) is 1.85. The topological polar surface area (TPSA) is 0 Å². The zero-order valence-corrected chi connectivity index (χ0v) is 5.73. The van der Waals surface area contributed by atoms with Crippen LogP contribution in [0.1, 0.15) is 0 Å². The molecule has 0 amide bonds. The van der Waals surface area contributed by atoms with Crippen molar-refractivity contribution in [3.05, 3.63) is 0 Å². The second-order valence-electron chi connectivity index (χ2n) is 1.42. The van der Waals surface area contributed by atoms with Gasteiger partial charge in [-0.3, -0.25) is 0 Å². The van der Waals surface area contributed by atoms with Crippen molar-refractivity contribution in [2.75, 3.05) is 0 Å². The van der Waals surface area contributed by atoms with Crippen LogP contribution in [0.25, 0.3) is 0 Å². The van der Waals surface area contributed by atoms with Crippen LogP contribution < -0.4 is 0 Å². The first-order chi connectivity index (χ1) is 4.19. The third-order valence-corrected chi connectivity index (χ3v) is 1.47. The molecule has 0 fully saturated rings. The van der Waals surface area contributed by atoms with Gasteiger partial charge in [-0.1, -0.05) is 23.2 Å². The fraction of sp³-hybridized carbons (Fsp3) is 1.00. The van der Waals surface area contributed by atoms with Crippen LogP contribution in [0.15, 0.2) is 0 Å². The summed E-state index contributed by atoms with van der Waals surface area (Å²) in [4.78, 5) is 0. The van der Waals surface area contributed by atoms with Crippen LogP contribution in [0.4, 0.5) is 22.0 Å². The molecule has 62 valence electrons. The summed E-state index contributed by atoms with van der Waals surface area (Å²) in [5.41, 5.74) is -3.30. The van der Waals surface area contributed by atoms with E-state index in [-0.39, 0.29) is 0 Å². The molecule has 0 saturated heterocycles. The summed E-state index contributed by atoms with van der Waals surface area (Å²) in [7, 11) is 0. The molecule has 0 heterocycles. The molecule has 0 rings (SSSR count). The predicted molar refractivity (Wildman–Crippen MR) is 26.5 cm³/mol. The number of halogens is 7. The van der Waals surface area contributed by atoms with E-state index in [2.05, 4.69) is 23.2 Å². The molecule has 0 spiro atoms. The van der Waals surface area contributed by atoms with Gasteiger partial charge in [0.15, 0.2) is 0 Å². The van der Waals surface area contributed by atoms with Crippen LogP contribution in [0.3, 0.4) is 0 Å². The predicted octanol–water partition coefficient (Wildman–Crippen LogP) is 2.99. The van der Waals surface area contributed by atoms with Gasteiger partial charge in [-0.2, -0.15) is 13.2 Å². The average molecular weight is 203 g/mol. The minimum atomic E-state index is -5.49. The second-order valence-corrected chi connectivity index (χ2v) is 2.35. The van der Waals surface area contributed by atoms with Gasteiger partial charge in [-0.15, -0.1) is 0 Å². The van der Waals surface area contributed by atoms with E-state index >= 15 is 0 Å². The Labute approximate surface area is 62.9 Å². The number of rotatable bonds is 1. The van der Waals surface area contributed by atoms with Crippen molar-refractivity contribution in [2.24, 2.45) is 0 Å². The minimum absolute atomic E-state index is 3.30. The normalized spacial score (nSPS) is 21.9. The van der Waals surface area contributed by atoms with Gasteiger partial charge in [0.1, 0.15) is 0 Å². The van der Waals surface area contributed by atoms with E-state index in [1.807, 2.05) is 0 Å². The smallest absolute Gasteiger partial charge is 0.225 e. The second kappa shape index (κ2) is 2.70. The standard InChI is InChI=1S/C3HCl2F5/c4-1(6)2(5,7)3(8,9)10/h1H/t1-,2+/m0/s1. The van der Waals surface area contributed by atoms with Crippen LogP contribution in [-0.4, -0.2) is 16.9 Å². The molecule has 10 heavy (non-hydrogen) atoms. The Morgan fingerprint density at radius 2 is 1.40 bits per heavy atom. The van der Waals surface area contributed by atoms with Gasteiger partial charge in [0.05, 0.1) is 0 Å². The van der Waals surface area contributed by atoms with E-state index in [0.29, 0.717) is 0 Å². The van der Waals surface area contributed by atoms with Crippen LogP contribution in [0.5, 0.6) is 0 Å². The van der Waals surface area contributed by atoms with E-state index in [1.165, 1.54) is 0 Å². The first-order valence-corrected chi connectivity index (χ1v) is 2.73. The summed E-state index contributed by atoms with van der Waals surface area (Å²) in [6, 6.07) is 0. The van der Waals surface area contributed by atoms with Gasteiger partial charge in [-0.25, -0.2) is 8.78 Å². The summed E-state index contributed by atoms with van der Waals surface area (Å²) in [5.74, 6) is 0. The van der Waals surface area contributed by atoms with E-state index in [9.17, 15) is 22.0 Å². The molecule has 0 aromatic heterocycles. The third-order valence-electron chi connectivity index (χ3n) is 0.652. The van der Waals surface area contributed by atoms with E-state index in [1.54, 1.807) is 0 Å². The molecule has 0 aliphatic carbocycles. The highest BCUT2D eigenvalue weighted by atomic mass is 35.5. The Bertz CT molecular complexity index is 117. The lowest BCUT2D eigenvalue weighted by atomic mass is 10.4. The quantitative estimate of drug-likeness (QED) is 0.453. The molecular formula is C3HCl2F5. The first kappa shape index (κ1) is 10.2. The Hall–Kier alpha value is 0.230. The van der Waals surface area contributed by atoms with Crippen molar-refractivity contribution in [2.45, 2.75) is 16.9 Å². The molecule has 0 N–H and O–H groups in total. The number of hydrogen-bond donors (Lipinski definition) is 0. The highest BCUT2D eigenvalue weighted by molar-refractivity contribution is 6.31. The van der Waals surface area contributed by atoms with Crippen LogP contribution in [0.2, 0.25) is 0 Å².